The molecule has 3 nitrogen and oxygen atoms in total. The Bertz CT molecular complexity index is 337. The zero-order chi connectivity index (χ0) is 12.1. The average molecular weight is 256 g/mol. The standard InChI is InChI=1S/C13H22ClN3/c1-17-8-7-16-13(17)5-6-15-10-12-4-2-3-11(12)9-14/h7-8,11-12,15H,2-6,9-10H2,1H3. The first kappa shape index (κ1) is 12.9. The van der Waals surface area contributed by atoms with Gasteiger partial charge in [-0.1, -0.05) is 6.42 Å². The van der Waals surface area contributed by atoms with E-state index < -0.39 is 0 Å². The summed E-state index contributed by atoms with van der Waals surface area (Å²) in [7, 11) is 2.04. The molecule has 2 rings (SSSR count). The molecule has 0 radical (unpaired) electrons. The van der Waals surface area contributed by atoms with E-state index >= 15 is 0 Å². The van der Waals surface area contributed by atoms with Crippen LogP contribution in [0.2, 0.25) is 0 Å². The van der Waals surface area contributed by atoms with Gasteiger partial charge in [-0.2, -0.15) is 0 Å². The highest BCUT2D eigenvalue weighted by Gasteiger charge is 2.25. The molecule has 0 bridgehead atoms. The number of hydrogen-bond acceptors (Lipinski definition) is 2. The molecule has 1 aliphatic rings. The molecule has 0 amide bonds. The molecule has 1 heterocycles. The number of halogens is 1. The van der Waals surface area contributed by atoms with E-state index in [1.165, 1.54) is 19.3 Å². The average Bonchev–Trinajstić information content (AvgIpc) is 2.93. The second-order valence-corrected chi connectivity index (χ2v) is 5.32. The maximum atomic E-state index is 5.98. The zero-order valence-electron chi connectivity index (χ0n) is 10.5. The van der Waals surface area contributed by atoms with Crippen LogP contribution in [0.25, 0.3) is 0 Å². The van der Waals surface area contributed by atoms with Crippen molar-refractivity contribution in [1.82, 2.24) is 14.9 Å². The Morgan fingerprint density at radius 3 is 3.00 bits per heavy atom. The summed E-state index contributed by atoms with van der Waals surface area (Å²) in [4.78, 5) is 4.32. The molecule has 0 spiro atoms. The molecule has 1 aromatic rings. The van der Waals surface area contributed by atoms with Gasteiger partial charge in [0.15, 0.2) is 0 Å². The van der Waals surface area contributed by atoms with Crippen LogP contribution >= 0.6 is 11.6 Å². The van der Waals surface area contributed by atoms with Crippen molar-refractivity contribution in [3.8, 4) is 0 Å². The minimum atomic E-state index is 0.734. The predicted octanol–water partition coefficient (Wildman–Crippen LogP) is 2.21. The van der Waals surface area contributed by atoms with Gasteiger partial charge in [0.1, 0.15) is 5.82 Å². The molecule has 0 aliphatic heterocycles. The second-order valence-electron chi connectivity index (χ2n) is 5.01. The summed E-state index contributed by atoms with van der Waals surface area (Å²) in [5.74, 6) is 3.50. The van der Waals surface area contributed by atoms with Gasteiger partial charge in [-0.25, -0.2) is 4.98 Å². The van der Waals surface area contributed by atoms with Crippen LogP contribution in [0.15, 0.2) is 12.4 Å². The second kappa shape index (κ2) is 6.41. The van der Waals surface area contributed by atoms with Crippen molar-refractivity contribution in [1.29, 1.82) is 0 Å². The molecule has 1 fully saturated rings. The third kappa shape index (κ3) is 3.46. The van der Waals surface area contributed by atoms with E-state index in [9.17, 15) is 0 Å². The van der Waals surface area contributed by atoms with E-state index in [4.69, 9.17) is 11.6 Å². The van der Waals surface area contributed by atoms with Crippen LogP contribution in [-0.4, -0.2) is 28.5 Å². The Balaban J connectivity index is 1.65. The molecule has 2 atom stereocenters. The van der Waals surface area contributed by atoms with Gasteiger partial charge >= 0.3 is 0 Å². The van der Waals surface area contributed by atoms with Crippen molar-refractivity contribution in [2.45, 2.75) is 25.7 Å². The molecule has 0 saturated heterocycles. The summed E-state index contributed by atoms with van der Waals surface area (Å²) >= 11 is 5.98. The predicted molar refractivity (Wildman–Crippen MR) is 71.3 cm³/mol. The van der Waals surface area contributed by atoms with Crippen LogP contribution < -0.4 is 5.32 Å². The largest absolute Gasteiger partial charge is 0.338 e. The van der Waals surface area contributed by atoms with Crippen LogP contribution in [0.3, 0.4) is 0 Å². The lowest BCUT2D eigenvalue weighted by Crippen LogP contribution is -2.28. The first-order valence-corrected chi connectivity index (χ1v) is 7.07. The van der Waals surface area contributed by atoms with Crippen molar-refractivity contribution in [3.05, 3.63) is 18.2 Å². The van der Waals surface area contributed by atoms with Gasteiger partial charge in [0, 0.05) is 38.3 Å². The van der Waals surface area contributed by atoms with Crippen molar-refractivity contribution in [2.75, 3.05) is 19.0 Å². The van der Waals surface area contributed by atoms with Crippen LogP contribution in [-0.2, 0) is 13.5 Å². The Morgan fingerprint density at radius 1 is 1.47 bits per heavy atom. The number of imidazole rings is 1. The lowest BCUT2D eigenvalue weighted by molar-refractivity contribution is 0.396. The Labute approximate surface area is 109 Å². The SMILES string of the molecule is Cn1ccnc1CCNCC1CCCC1CCl. The van der Waals surface area contributed by atoms with Gasteiger partial charge in [0.05, 0.1) is 0 Å². The number of rotatable bonds is 6. The summed E-state index contributed by atoms with van der Waals surface area (Å²) in [5, 5.41) is 3.55. The van der Waals surface area contributed by atoms with E-state index in [0.717, 1.165) is 43.1 Å². The molecular weight excluding hydrogens is 234 g/mol. The first-order valence-electron chi connectivity index (χ1n) is 6.54. The van der Waals surface area contributed by atoms with E-state index in [1.54, 1.807) is 0 Å². The molecular formula is C13H22ClN3. The fourth-order valence-corrected chi connectivity index (χ4v) is 3.12. The quantitative estimate of drug-likeness (QED) is 0.624. The van der Waals surface area contributed by atoms with Gasteiger partial charge in [-0.15, -0.1) is 11.6 Å². The van der Waals surface area contributed by atoms with Crippen LogP contribution in [0.4, 0.5) is 0 Å². The Kier molecular flexibility index (Phi) is 4.86. The monoisotopic (exact) mass is 255 g/mol. The summed E-state index contributed by atoms with van der Waals surface area (Å²) < 4.78 is 2.08. The van der Waals surface area contributed by atoms with E-state index in [1.807, 2.05) is 19.4 Å². The fraction of sp³-hybridized carbons (Fsp3) is 0.769. The van der Waals surface area contributed by atoms with Crippen molar-refractivity contribution < 1.29 is 0 Å². The number of hydrogen-bond donors (Lipinski definition) is 1. The lowest BCUT2D eigenvalue weighted by Gasteiger charge is -2.17. The minimum absolute atomic E-state index is 0.734. The topological polar surface area (TPSA) is 29.9 Å². The zero-order valence-corrected chi connectivity index (χ0v) is 11.3. The highest BCUT2D eigenvalue weighted by atomic mass is 35.5. The molecule has 0 aromatic carbocycles. The normalized spacial score (nSPS) is 24.4. The van der Waals surface area contributed by atoms with Crippen LogP contribution in [0.1, 0.15) is 25.1 Å². The Hall–Kier alpha value is -0.540. The maximum absolute atomic E-state index is 5.98. The Morgan fingerprint density at radius 2 is 2.29 bits per heavy atom. The lowest BCUT2D eigenvalue weighted by atomic mass is 9.98. The van der Waals surface area contributed by atoms with Gasteiger partial charge in [-0.3, -0.25) is 0 Å². The summed E-state index contributed by atoms with van der Waals surface area (Å²) in [6, 6.07) is 0. The van der Waals surface area contributed by atoms with Crippen molar-refractivity contribution >= 4 is 11.6 Å². The molecule has 1 aromatic heterocycles. The molecule has 4 heteroatoms. The van der Waals surface area contributed by atoms with E-state index in [0.29, 0.717) is 0 Å². The minimum Gasteiger partial charge on any atom is -0.338 e. The number of nitrogens with zero attached hydrogens (tertiary/aromatic N) is 2. The number of aryl methyl sites for hydroxylation is 1. The fourth-order valence-electron chi connectivity index (χ4n) is 2.71. The van der Waals surface area contributed by atoms with Gasteiger partial charge in [-0.05, 0) is 31.2 Å². The van der Waals surface area contributed by atoms with Gasteiger partial charge in [0.2, 0.25) is 0 Å². The third-order valence-electron chi connectivity index (χ3n) is 3.87. The molecule has 17 heavy (non-hydrogen) atoms. The molecule has 96 valence electrons. The number of aromatic nitrogens is 2. The molecule has 1 saturated carbocycles. The highest BCUT2D eigenvalue weighted by Crippen LogP contribution is 2.31. The number of nitrogens with one attached hydrogen (secondary N) is 1. The highest BCUT2D eigenvalue weighted by molar-refractivity contribution is 6.18. The maximum Gasteiger partial charge on any atom is 0.109 e. The van der Waals surface area contributed by atoms with Gasteiger partial charge in [0.25, 0.3) is 0 Å². The van der Waals surface area contributed by atoms with Crippen LogP contribution in [0, 0.1) is 11.8 Å². The molecule has 1 N–H and O–H groups in total. The van der Waals surface area contributed by atoms with Gasteiger partial charge < -0.3 is 9.88 Å². The van der Waals surface area contributed by atoms with E-state index in [-0.39, 0.29) is 0 Å². The van der Waals surface area contributed by atoms with E-state index in [2.05, 4.69) is 14.9 Å². The summed E-state index contributed by atoms with van der Waals surface area (Å²) in [6.45, 7) is 2.12. The molecule has 1 aliphatic carbocycles. The third-order valence-corrected chi connectivity index (χ3v) is 4.26. The molecule has 2 unspecified atom stereocenters. The van der Waals surface area contributed by atoms with Crippen LogP contribution in [0.5, 0.6) is 0 Å². The summed E-state index contributed by atoms with van der Waals surface area (Å²) in [6.07, 6.45) is 8.86. The smallest absolute Gasteiger partial charge is 0.109 e. The first-order chi connectivity index (χ1) is 8.31. The van der Waals surface area contributed by atoms with Crippen molar-refractivity contribution in [3.63, 3.8) is 0 Å². The van der Waals surface area contributed by atoms with Crippen molar-refractivity contribution in [2.24, 2.45) is 18.9 Å². The number of alkyl halides is 1. The summed E-state index contributed by atoms with van der Waals surface area (Å²) in [5.41, 5.74) is 0.